The van der Waals surface area contributed by atoms with Crippen LogP contribution in [0, 0.1) is 19.8 Å². The van der Waals surface area contributed by atoms with Crippen molar-refractivity contribution in [3.05, 3.63) is 40.7 Å². The van der Waals surface area contributed by atoms with E-state index >= 15 is 0 Å². The van der Waals surface area contributed by atoms with Crippen LogP contribution in [-0.2, 0) is 24.7 Å². The highest BCUT2D eigenvalue weighted by Crippen LogP contribution is 2.28. The number of methoxy groups -OCH3 is 2. The van der Waals surface area contributed by atoms with Crippen LogP contribution in [0.3, 0.4) is 0 Å². The van der Waals surface area contributed by atoms with Gasteiger partial charge in [0.05, 0.1) is 19.9 Å². The van der Waals surface area contributed by atoms with Gasteiger partial charge in [-0.05, 0) is 49.9 Å². The molecule has 6 heteroatoms. The van der Waals surface area contributed by atoms with E-state index in [1.165, 1.54) is 5.56 Å². The first-order valence-corrected chi connectivity index (χ1v) is 8.85. The Balaban J connectivity index is 1.89. The third-order valence-corrected chi connectivity index (χ3v) is 4.77. The van der Waals surface area contributed by atoms with E-state index in [0.717, 1.165) is 23.4 Å². The first kappa shape index (κ1) is 19.8. The predicted molar refractivity (Wildman–Crippen MR) is 102 cm³/mol. The molecule has 1 amide bonds. The molecule has 2 aromatic rings. The summed E-state index contributed by atoms with van der Waals surface area (Å²) in [5.74, 6) is 1.30. The largest absolute Gasteiger partial charge is 0.493 e. The number of ether oxygens (including phenoxy) is 2. The van der Waals surface area contributed by atoms with Gasteiger partial charge in [-0.25, -0.2) is 0 Å². The average molecular weight is 359 g/mol. The Morgan fingerprint density at radius 2 is 1.92 bits per heavy atom. The molecule has 1 heterocycles. The Morgan fingerprint density at radius 3 is 2.50 bits per heavy atom. The molecule has 142 valence electrons. The fourth-order valence-corrected chi connectivity index (χ4v) is 3.12. The van der Waals surface area contributed by atoms with Crippen LogP contribution in [0.4, 0.5) is 0 Å². The second-order valence-electron chi connectivity index (χ2n) is 6.61. The molecule has 2 rings (SSSR count). The molecule has 0 fully saturated rings. The number of aryl methyl sites for hydroxylation is 2. The Bertz CT molecular complexity index is 768. The molecule has 0 aliphatic heterocycles. The average Bonchev–Trinajstić information content (AvgIpc) is 2.87. The van der Waals surface area contributed by atoms with Crippen LogP contribution in [0.2, 0.25) is 0 Å². The quantitative estimate of drug-likeness (QED) is 0.787. The summed E-state index contributed by atoms with van der Waals surface area (Å²) in [6.45, 7) is 6.61. The molecule has 0 spiro atoms. The number of benzene rings is 1. The van der Waals surface area contributed by atoms with Crippen molar-refractivity contribution in [3.8, 4) is 11.5 Å². The number of aromatic nitrogens is 2. The fourth-order valence-electron chi connectivity index (χ4n) is 3.12. The maximum atomic E-state index is 12.4. The lowest BCUT2D eigenvalue weighted by Gasteiger charge is -2.14. The van der Waals surface area contributed by atoms with Crippen molar-refractivity contribution in [2.75, 3.05) is 20.8 Å². The van der Waals surface area contributed by atoms with Gasteiger partial charge in [-0.1, -0.05) is 13.0 Å². The van der Waals surface area contributed by atoms with Crippen molar-refractivity contribution >= 4 is 5.91 Å². The van der Waals surface area contributed by atoms with Gasteiger partial charge in [0.1, 0.15) is 0 Å². The third kappa shape index (κ3) is 4.56. The molecule has 1 aromatic carbocycles. The number of carbonyl (C=O) groups is 1. The van der Waals surface area contributed by atoms with Gasteiger partial charge in [0.15, 0.2) is 11.5 Å². The fraction of sp³-hybridized carbons (Fsp3) is 0.500. The van der Waals surface area contributed by atoms with Gasteiger partial charge in [-0.2, -0.15) is 5.10 Å². The molecule has 0 saturated carbocycles. The molecule has 1 atom stereocenters. The minimum Gasteiger partial charge on any atom is -0.493 e. The summed E-state index contributed by atoms with van der Waals surface area (Å²) in [5.41, 5.74) is 4.43. The maximum absolute atomic E-state index is 12.4. The number of rotatable bonds is 8. The van der Waals surface area contributed by atoms with Crippen molar-refractivity contribution in [1.82, 2.24) is 15.1 Å². The topological polar surface area (TPSA) is 65.4 Å². The van der Waals surface area contributed by atoms with E-state index in [0.29, 0.717) is 24.5 Å². The van der Waals surface area contributed by atoms with Crippen LogP contribution in [0.25, 0.3) is 0 Å². The van der Waals surface area contributed by atoms with Crippen LogP contribution >= 0.6 is 0 Å². The first-order chi connectivity index (χ1) is 12.4. The van der Waals surface area contributed by atoms with Crippen LogP contribution in [0.15, 0.2) is 18.2 Å². The minimum atomic E-state index is -0.121. The Hall–Kier alpha value is -2.50. The van der Waals surface area contributed by atoms with Gasteiger partial charge in [-0.3, -0.25) is 9.48 Å². The number of nitrogens with one attached hydrogen (secondary N) is 1. The minimum absolute atomic E-state index is 0.0546. The van der Waals surface area contributed by atoms with Crippen molar-refractivity contribution < 1.29 is 14.3 Å². The predicted octanol–water partition coefficient (Wildman–Crippen LogP) is 2.59. The Labute approximate surface area is 155 Å². The Kier molecular flexibility index (Phi) is 6.66. The summed E-state index contributed by atoms with van der Waals surface area (Å²) < 4.78 is 12.5. The van der Waals surface area contributed by atoms with E-state index in [9.17, 15) is 4.79 Å². The lowest BCUT2D eigenvalue weighted by molar-refractivity contribution is -0.124. The second-order valence-corrected chi connectivity index (χ2v) is 6.61. The van der Waals surface area contributed by atoms with Crippen molar-refractivity contribution in [3.63, 3.8) is 0 Å². The first-order valence-electron chi connectivity index (χ1n) is 8.85. The van der Waals surface area contributed by atoms with Gasteiger partial charge in [0.25, 0.3) is 0 Å². The summed E-state index contributed by atoms with van der Waals surface area (Å²) in [6, 6.07) is 5.76. The highest BCUT2D eigenvalue weighted by molar-refractivity contribution is 5.78. The van der Waals surface area contributed by atoms with E-state index in [1.54, 1.807) is 14.2 Å². The van der Waals surface area contributed by atoms with E-state index in [2.05, 4.69) is 17.3 Å². The molecule has 0 saturated heterocycles. The molecule has 1 N–H and O–H groups in total. The van der Waals surface area contributed by atoms with E-state index in [1.807, 2.05) is 43.8 Å². The lowest BCUT2D eigenvalue weighted by atomic mass is 10.00. The number of amides is 1. The highest BCUT2D eigenvalue weighted by atomic mass is 16.5. The van der Waals surface area contributed by atoms with Crippen LogP contribution in [0.1, 0.15) is 29.4 Å². The molecule has 0 radical (unpaired) electrons. The van der Waals surface area contributed by atoms with Crippen LogP contribution < -0.4 is 14.8 Å². The lowest BCUT2D eigenvalue weighted by Crippen LogP contribution is -2.32. The zero-order chi connectivity index (χ0) is 19.3. The molecule has 1 unspecified atom stereocenters. The highest BCUT2D eigenvalue weighted by Gasteiger charge is 2.15. The number of hydrogen-bond acceptors (Lipinski definition) is 4. The normalized spacial score (nSPS) is 11.9. The molecule has 26 heavy (non-hydrogen) atoms. The van der Waals surface area contributed by atoms with Gasteiger partial charge >= 0.3 is 0 Å². The molecule has 0 aliphatic rings. The van der Waals surface area contributed by atoms with Crippen LogP contribution in [0.5, 0.6) is 11.5 Å². The summed E-state index contributed by atoms with van der Waals surface area (Å²) in [6.07, 6.45) is 1.44. The van der Waals surface area contributed by atoms with Crippen molar-refractivity contribution in [2.45, 2.75) is 33.6 Å². The molecule has 1 aromatic heterocycles. The van der Waals surface area contributed by atoms with E-state index in [4.69, 9.17) is 9.47 Å². The SMILES string of the molecule is COc1ccc(CC(C)C(=O)NCCc2c(C)nn(C)c2C)cc1OC. The van der Waals surface area contributed by atoms with E-state index in [-0.39, 0.29) is 11.8 Å². The molecular formula is C20H29N3O3. The Morgan fingerprint density at radius 1 is 1.23 bits per heavy atom. The van der Waals surface area contributed by atoms with Gasteiger partial charge in [0, 0.05) is 25.2 Å². The van der Waals surface area contributed by atoms with Gasteiger partial charge in [0.2, 0.25) is 5.91 Å². The zero-order valence-electron chi connectivity index (χ0n) is 16.5. The molecule has 0 aliphatic carbocycles. The van der Waals surface area contributed by atoms with E-state index < -0.39 is 0 Å². The number of hydrogen-bond donors (Lipinski definition) is 1. The summed E-state index contributed by atoms with van der Waals surface area (Å²) in [4.78, 5) is 12.4. The molecule has 6 nitrogen and oxygen atoms in total. The maximum Gasteiger partial charge on any atom is 0.223 e. The smallest absolute Gasteiger partial charge is 0.223 e. The molecule has 0 bridgehead atoms. The van der Waals surface area contributed by atoms with Crippen molar-refractivity contribution in [2.24, 2.45) is 13.0 Å². The van der Waals surface area contributed by atoms with Crippen molar-refractivity contribution in [1.29, 1.82) is 0 Å². The third-order valence-electron chi connectivity index (χ3n) is 4.77. The van der Waals surface area contributed by atoms with Gasteiger partial charge < -0.3 is 14.8 Å². The number of nitrogens with zero attached hydrogens (tertiary/aromatic N) is 2. The van der Waals surface area contributed by atoms with Crippen LogP contribution in [-0.4, -0.2) is 36.5 Å². The monoisotopic (exact) mass is 359 g/mol. The second kappa shape index (κ2) is 8.74. The number of carbonyl (C=O) groups excluding carboxylic acids is 1. The summed E-state index contributed by atoms with van der Waals surface area (Å²) in [7, 11) is 5.16. The summed E-state index contributed by atoms with van der Waals surface area (Å²) >= 11 is 0. The van der Waals surface area contributed by atoms with Gasteiger partial charge in [-0.15, -0.1) is 0 Å². The summed E-state index contributed by atoms with van der Waals surface area (Å²) in [5, 5.41) is 7.45. The molecular weight excluding hydrogens is 330 g/mol. The zero-order valence-corrected chi connectivity index (χ0v) is 16.5. The standard InChI is InChI=1S/C20H29N3O3/c1-13(11-16-7-8-18(25-5)19(12-16)26-6)20(24)21-10-9-17-14(2)22-23(4)15(17)3/h7-8,12-13H,9-11H2,1-6H3,(H,21,24).